The summed E-state index contributed by atoms with van der Waals surface area (Å²) in [7, 11) is 0. The molecule has 3 saturated carbocycles. The molecule has 31 heavy (non-hydrogen) atoms. The number of allylic oxidation sites excluding steroid dienone is 1. The van der Waals surface area contributed by atoms with Crippen molar-refractivity contribution in [1.29, 1.82) is 0 Å². The molecule has 4 aliphatic carbocycles. The molecule has 0 aromatic carbocycles. The zero-order valence-electron chi connectivity index (χ0n) is 20.3. The molecule has 5 aliphatic rings. The van der Waals surface area contributed by atoms with Gasteiger partial charge in [0.2, 0.25) is 0 Å². The summed E-state index contributed by atoms with van der Waals surface area (Å²) in [6.45, 7) is 8.56. The Labute approximate surface area is 190 Å². The van der Waals surface area contributed by atoms with E-state index in [0.29, 0.717) is 17.4 Å². The highest BCUT2D eigenvalue weighted by molar-refractivity contribution is 5.26. The van der Waals surface area contributed by atoms with E-state index in [1.165, 1.54) is 44.9 Å². The fraction of sp³-hybridized carbons (Fsp3) is 0.929. The molecular weight excluding hydrogens is 384 g/mol. The molecule has 3 nitrogen and oxygen atoms in total. The summed E-state index contributed by atoms with van der Waals surface area (Å²) in [5, 5.41) is 21.5. The van der Waals surface area contributed by atoms with E-state index in [1.54, 1.807) is 5.57 Å². The lowest BCUT2D eigenvalue weighted by Gasteiger charge is -2.59. The maximum atomic E-state index is 10.8. The molecule has 6 unspecified atom stereocenters. The van der Waals surface area contributed by atoms with Crippen LogP contribution >= 0.6 is 0 Å². The summed E-state index contributed by atoms with van der Waals surface area (Å²) in [4.78, 5) is 0. The Morgan fingerprint density at radius 2 is 1.84 bits per heavy atom. The second-order valence-electron chi connectivity index (χ2n) is 13.0. The van der Waals surface area contributed by atoms with Crippen molar-refractivity contribution >= 4 is 0 Å². The summed E-state index contributed by atoms with van der Waals surface area (Å²) in [5.74, 6) is 3.36. The van der Waals surface area contributed by atoms with Gasteiger partial charge in [-0.3, -0.25) is 0 Å². The van der Waals surface area contributed by atoms with E-state index in [2.05, 4.69) is 19.9 Å². The van der Waals surface area contributed by atoms with Crippen LogP contribution in [0.5, 0.6) is 0 Å². The van der Waals surface area contributed by atoms with Gasteiger partial charge in [-0.15, -0.1) is 0 Å². The smallest absolute Gasteiger partial charge is 0.0881 e. The summed E-state index contributed by atoms with van der Waals surface area (Å²) < 4.78 is 5.57. The van der Waals surface area contributed by atoms with E-state index in [9.17, 15) is 10.2 Å². The Balaban J connectivity index is 1.26. The van der Waals surface area contributed by atoms with E-state index in [0.717, 1.165) is 68.8 Å². The minimum Gasteiger partial charge on any atom is -0.390 e. The second kappa shape index (κ2) is 7.84. The molecule has 5 rings (SSSR count). The zero-order chi connectivity index (χ0) is 21.9. The number of ether oxygens (including phenoxy) is 1. The maximum Gasteiger partial charge on any atom is 0.0881 e. The van der Waals surface area contributed by atoms with Crippen molar-refractivity contribution in [2.45, 2.75) is 115 Å². The molecule has 0 bridgehead atoms. The molecule has 2 N–H and O–H groups in total. The fourth-order valence-corrected chi connectivity index (χ4v) is 9.10. The zero-order valence-corrected chi connectivity index (χ0v) is 20.3. The molecule has 1 heterocycles. The van der Waals surface area contributed by atoms with Crippen LogP contribution in [-0.4, -0.2) is 34.6 Å². The van der Waals surface area contributed by atoms with Crippen LogP contribution in [0.15, 0.2) is 11.6 Å². The van der Waals surface area contributed by atoms with Crippen LogP contribution in [0, 0.1) is 34.5 Å². The first kappa shape index (κ1) is 22.4. The molecule has 8 atom stereocenters. The van der Waals surface area contributed by atoms with Gasteiger partial charge in [0.15, 0.2) is 0 Å². The Bertz CT molecular complexity index is 705. The lowest BCUT2D eigenvalue weighted by Crippen LogP contribution is -2.51. The van der Waals surface area contributed by atoms with Crippen LogP contribution in [-0.2, 0) is 4.74 Å². The van der Waals surface area contributed by atoms with Gasteiger partial charge in [-0.2, -0.15) is 0 Å². The van der Waals surface area contributed by atoms with Crippen molar-refractivity contribution in [3.8, 4) is 0 Å². The van der Waals surface area contributed by atoms with Crippen LogP contribution < -0.4 is 0 Å². The molecule has 0 aromatic heterocycles. The first-order valence-electron chi connectivity index (χ1n) is 13.4. The van der Waals surface area contributed by atoms with E-state index in [-0.39, 0.29) is 0 Å². The Hall–Kier alpha value is -0.380. The largest absolute Gasteiger partial charge is 0.390 e. The van der Waals surface area contributed by atoms with Gasteiger partial charge in [-0.05, 0) is 118 Å². The molecule has 3 heteroatoms. The first-order valence-corrected chi connectivity index (χ1v) is 13.4. The quantitative estimate of drug-likeness (QED) is 0.536. The van der Waals surface area contributed by atoms with Crippen molar-refractivity contribution in [3.05, 3.63) is 11.6 Å². The van der Waals surface area contributed by atoms with Gasteiger partial charge in [-0.1, -0.05) is 31.9 Å². The normalized spacial score (nSPS) is 52.1. The lowest BCUT2D eigenvalue weighted by molar-refractivity contribution is -0.0926. The molecular formula is C28H46O3. The molecule has 0 amide bonds. The van der Waals surface area contributed by atoms with Gasteiger partial charge in [0.1, 0.15) is 0 Å². The van der Waals surface area contributed by atoms with Gasteiger partial charge >= 0.3 is 0 Å². The SMILES string of the molecule is CC12CC[C@](C)(O)CC1=CCC1C2CCC2(C)C1CC[C@@H]2CCCC1(O)CCCOC1. The molecule has 0 spiro atoms. The topological polar surface area (TPSA) is 49.7 Å². The van der Waals surface area contributed by atoms with E-state index >= 15 is 0 Å². The first-order chi connectivity index (χ1) is 14.7. The van der Waals surface area contributed by atoms with E-state index in [1.807, 2.05) is 6.92 Å². The second-order valence-corrected chi connectivity index (χ2v) is 13.0. The highest BCUT2D eigenvalue weighted by Crippen LogP contribution is 2.67. The molecule has 0 radical (unpaired) electrons. The Kier molecular flexibility index (Phi) is 5.67. The monoisotopic (exact) mass is 430 g/mol. The minimum absolute atomic E-state index is 0.328. The van der Waals surface area contributed by atoms with Crippen molar-refractivity contribution < 1.29 is 14.9 Å². The molecule has 176 valence electrons. The number of aliphatic hydroxyl groups is 2. The van der Waals surface area contributed by atoms with Crippen molar-refractivity contribution in [3.63, 3.8) is 0 Å². The Morgan fingerprint density at radius 1 is 1.00 bits per heavy atom. The standard InChI is InChI=1S/C28H46O3/c1-25(29)15-16-27(3)21(18-25)7-9-22-23-10-8-20(26(23,2)14-11-24(22)27)6-4-12-28(30)13-5-17-31-19-28/h7,20,22-24,29-30H,4-6,8-19H2,1-3H3/t20-,22?,23?,24?,25-,26?,27?,28?/m0/s1. The minimum atomic E-state index is -0.559. The highest BCUT2D eigenvalue weighted by Gasteiger charge is 2.58. The predicted octanol–water partition coefficient (Wildman–Crippen LogP) is 6.03. The third-order valence-electron chi connectivity index (χ3n) is 11.1. The van der Waals surface area contributed by atoms with Crippen molar-refractivity contribution in [1.82, 2.24) is 0 Å². The summed E-state index contributed by atoms with van der Waals surface area (Å²) in [6.07, 6.45) is 17.7. The molecule has 1 saturated heterocycles. The number of hydrogen-bond donors (Lipinski definition) is 2. The van der Waals surface area contributed by atoms with Gasteiger partial charge in [0.25, 0.3) is 0 Å². The van der Waals surface area contributed by atoms with E-state index in [4.69, 9.17) is 4.74 Å². The van der Waals surface area contributed by atoms with Crippen LogP contribution in [0.4, 0.5) is 0 Å². The van der Waals surface area contributed by atoms with Crippen molar-refractivity contribution in [2.75, 3.05) is 13.2 Å². The molecule has 4 fully saturated rings. The van der Waals surface area contributed by atoms with E-state index < -0.39 is 11.2 Å². The third kappa shape index (κ3) is 3.85. The fourth-order valence-electron chi connectivity index (χ4n) is 9.10. The van der Waals surface area contributed by atoms with Crippen molar-refractivity contribution in [2.24, 2.45) is 34.5 Å². The maximum absolute atomic E-state index is 10.8. The van der Waals surface area contributed by atoms with Gasteiger partial charge < -0.3 is 14.9 Å². The van der Waals surface area contributed by atoms with Gasteiger partial charge in [-0.25, -0.2) is 0 Å². The summed E-state index contributed by atoms with van der Waals surface area (Å²) >= 11 is 0. The highest BCUT2D eigenvalue weighted by atomic mass is 16.5. The number of fused-ring (bicyclic) bond motifs is 5. The number of rotatable bonds is 4. The van der Waals surface area contributed by atoms with Gasteiger partial charge in [0, 0.05) is 6.61 Å². The third-order valence-corrected chi connectivity index (χ3v) is 11.1. The average Bonchev–Trinajstić information content (AvgIpc) is 3.05. The van der Waals surface area contributed by atoms with Crippen LogP contribution in [0.25, 0.3) is 0 Å². The number of hydrogen-bond acceptors (Lipinski definition) is 3. The Morgan fingerprint density at radius 3 is 2.61 bits per heavy atom. The van der Waals surface area contributed by atoms with Crippen LogP contribution in [0.1, 0.15) is 104 Å². The lowest BCUT2D eigenvalue weighted by atomic mass is 9.46. The van der Waals surface area contributed by atoms with Gasteiger partial charge in [0.05, 0.1) is 17.8 Å². The molecule has 1 aliphatic heterocycles. The molecule has 0 aromatic rings. The summed E-state index contributed by atoms with van der Waals surface area (Å²) in [6, 6.07) is 0. The van der Waals surface area contributed by atoms with Crippen LogP contribution in [0.2, 0.25) is 0 Å². The predicted molar refractivity (Wildman–Crippen MR) is 125 cm³/mol. The average molecular weight is 431 g/mol. The summed E-state index contributed by atoms with van der Waals surface area (Å²) in [5.41, 5.74) is 1.35. The van der Waals surface area contributed by atoms with Crippen LogP contribution in [0.3, 0.4) is 0 Å².